The van der Waals surface area contributed by atoms with Gasteiger partial charge >= 0.3 is 0 Å². The van der Waals surface area contributed by atoms with Crippen LogP contribution in [-0.4, -0.2) is 43.5 Å². The average Bonchev–Trinajstić information content (AvgIpc) is 3.18. The van der Waals surface area contributed by atoms with E-state index in [4.69, 9.17) is 9.15 Å². The maximum atomic E-state index is 14.1. The molecule has 158 valence electrons. The molecule has 0 saturated heterocycles. The van der Waals surface area contributed by atoms with E-state index in [-0.39, 0.29) is 35.8 Å². The summed E-state index contributed by atoms with van der Waals surface area (Å²) in [6.07, 6.45) is 0.737. The fourth-order valence-corrected chi connectivity index (χ4v) is 4.87. The van der Waals surface area contributed by atoms with Gasteiger partial charge in [-0.3, -0.25) is 14.4 Å². The second-order valence-corrected chi connectivity index (χ2v) is 7.77. The van der Waals surface area contributed by atoms with E-state index in [1.807, 2.05) is 31.2 Å². The van der Waals surface area contributed by atoms with E-state index in [9.17, 15) is 14.4 Å². The predicted molar refractivity (Wildman–Crippen MR) is 115 cm³/mol. The van der Waals surface area contributed by atoms with Crippen LogP contribution in [0.5, 0.6) is 0 Å². The lowest BCUT2D eigenvalue weighted by Crippen LogP contribution is -2.54. The summed E-state index contributed by atoms with van der Waals surface area (Å²) in [5, 5.41) is 0.348. The molecule has 2 aliphatic heterocycles. The molecule has 0 aliphatic carbocycles. The number of carbonyl (C=O) groups excluding carboxylic acids is 2. The first-order valence-electron chi connectivity index (χ1n) is 10.4. The van der Waals surface area contributed by atoms with Crippen LogP contribution in [0.4, 0.5) is 5.69 Å². The molecule has 2 aromatic carbocycles. The standard InChI is InChI=1S/C24H22N2O5/c1-3-12-25-17-10-6-5-9-16(17)24(23(25)29)19-20(27)15-8-4-7-11-18(15)31-21(19)22(28)26(24)13-14-30-2/h4-11H,3,12-14H2,1-2H3/t24-/m1/s1. The van der Waals surface area contributed by atoms with Gasteiger partial charge in [0.15, 0.2) is 11.0 Å². The van der Waals surface area contributed by atoms with Crippen LogP contribution in [0.2, 0.25) is 0 Å². The van der Waals surface area contributed by atoms with Crippen LogP contribution in [0.25, 0.3) is 11.0 Å². The number of rotatable bonds is 5. The fraction of sp³-hybridized carbons (Fsp3) is 0.292. The van der Waals surface area contributed by atoms with Gasteiger partial charge in [0.05, 0.1) is 23.2 Å². The number of nitrogens with zero attached hydrogens (tertiary/aromatic N) is 2. The molecule has 31 heavy (non-hydrogen) atoms. The third-order valence-electron chi connectivity index (χ3n) is 6.11. The van der Waals surface area contributed by atoms with Crippen molar-refractivity contribution >= 4 is 28.5 Å². The van der Waals surface area contributed by atoms with E-state index < -0.39 is 11.4 Å². The molecule has 1 atom stereocenters. The van der Waals surface area contributed by atoms with Gasteiger partial charge in [-0.2, -0.15) is 0 Å². The Bertz CT molecular complexity index is 1280. The van der Waals surface area contributed by atoms with Crippen LogP contribution in [0.15, 0.2) is 57.7 Å². The van der Waals surface area contributed by atoms with Gasteiger partial charge in [-0.15, -0.1) is 0 Å². The molecule has 7 nitrogen and oxygen atoms in total. The molecule has 3 aromatic rings. The van der Waals surface area contributed by atoms with Gasteiger partial charge < -0.3 is 19.0 Å². The number of methoxy groups -OCH3 is 1. The van der Waals surface area contributed by atoms with Crippen molar-refractivity contribution in [1.82, 2.24) is 4.90 Å². The predicted octanol–water partition coefficient (Wildman–Crippen LogP) is 2.90. The Kier molecular flexibility index (Phi) is 4.44. The molecule has 0 saturated carbocycles. The summed E-state index contributed by atoms with van der Waals surface area (Å²) in [7, 11) is 1.53. The highest BCUT2D eigenvalue weighted by Crippen LogP contribution is 2.52. The first kappa shape index (κ1) is 19.5. The van der Waals surface area contributed by atoms with Crippen LogP contribution < -0.4 is 10.3 Å². The van der Waals surface area contributed by atoms with Gasteiger partial charge in [-0.1, -0.05) is 37.3 Å². The molecule has 2 aliphatic rings. The van der Waals surface area contributed by atoms with Crippen molar-refractivity contribution in [3.8, 4) is 0 Å². The number of carbonyl (C=O) groups is 2. The Hall–Kier alpha value is -3.45. The highest BCUT2D eigenvalue weighted by atomic mass is 16.5. The Morgan fingerprint density at radius 3 is 2.52 bits per heavy atom. The van der Waals surface area contributed by atoms with Crippen LogP contribution in [0, 0.1) is 0 Å². The SMILES string of the molecule is CCCN1C(=O)[C@@]2(c3ccccc31)c1c(oc3ccccc3c1=O)C(=O)N2CCOC. The van der Waals surface area contributed by atoms with E-state index in [1.165, 1.54) is 12.0 Å². The Morgan fingerprint density at radius 1 is 1.00 bits per heavy atom. The zero-order valence-electron chi connectivity index (χ0n) is 17.4. The molecule has 0 bridgehead atoms. The molecule has 0 fully saturated rings. The number of hydrogen-bond donors (Lipinski definition) is 0. The van der Waals surface area contributed by atoms with Gasteiger partial charge in [0.25, 0.3) is 11.8 Å². The van der Waals surface area contributed by atoms with Crippen LogP contribution in [0.1, 0.15) is 35.0 Å². The van der Waals surface area contributed by atoms with Crippen molar-refractivity contribution in [2.45, 2.75) is 18.9 Å². The highest BCUT2D eigenvalue weighted by Gasteiger charge is 2.64. The van der Waals surface area contributed by atoms with E-state index in [0.717, 1.165) is 6.42 Å². The van der Waals surface area contributed by atoms with Crippen molar-refractivity contribution in [3.63, 3.8) is 0 Å². The third kappa shape index (κ3) is 2.41. The van der Waals surface area contributed by atoms with Crippen LogP contribution >= 0.6 is 0 Å². The summed E-state index contributed by atoms with van der Waals surface area (Å²) in [6, 6.07) is 14.2. The smallest absolute Gasteiger partial charge is 0.291 e. The highest BCUT2D eigenvalue weighted by molar-refractivity contribution is 6.17. The van der Waals surface area contributed by atoms with Crippen LogP contribution in [-0.2, 0) is 15.1 Å². The van der Waals surface area contributed by atoms with Crippen molar-refractivity contribution < 1.29 is 18.7 Å². The van der Waals surface area contributed by atoms with E-state index in [2.05, 4.69) is 0 Å². The van der Waals surface area contributed by atoms with E-state index >= 15 is 0 Å². The Morgan fingerprint density at radius 2 is 1.74 bits per heavy atom. The second-order valence-electron chi connectivity index (χ2n) is 7.77. The molecule has 2 amide bonds. The lowest BCUT2D eigenvalue weighted by molar-refractivity contribution is -0.126. The first-order valence-corrected chi connectivity index (χ1v) is 10.4. The molecule has 7 heteroatoms. The molecule has 0 unspecified atom stereocenters. The molecular weight excluding hydrogens is 396 g/mol. The van der Waals surface area contributed by atoms with Crippen molar-refractivity contribution in [3.05, 3.63) is 75.6 Å². The van der Waals surface area contributed by atoms with Crippen molar-refractivity contribution in [1.29, 1.82) is 0 Å². The Labute approximate surface area is 178 Å². The summed E-state index contributed by atoms with van der Waals surface area (Å²) >= 11 is 0. The van der Waals surface area contributed by atoms with Gasteiger partial charge in [-0.25, -0.2) is 0 Å². The first-order chi connectivity index (χ1) is 15.1. The van der Waals surface area contributed by atoms with Crippen molar-refractivity contribution in [2.75, 3.05) is 31.7 Å². The van der Waals surface area contributed by atoms with Gasteiger partial charge in [0.2, 0.25) is 5.76 Å². The summed E-state index contributed by atoms with van der Waals surface area (Å²) < 4.78 is 11.2. The van der Waals surface area contributed by atoms with Gasteiger partial charge in [0, 0.05) is 25.8 Å². The fourth-order valence-electron chi connectivity index (χ4n) is 4.87. The zero-order chi connectivity index (χ0) is 21.8. The van der Waals surface area contributed by atoms with Crippen LogP contribution in [0.3, 0.4) is 0 Å². The number of amides is 2. The Balaban J connectivity index is 1.89. The van der Waals surface area contributed by atoms with E-state index in [0.29, 0.717) is 28.8 Å². The topological polar surface area (TPSA) is 80.1 Å². The molecule has 1 aromatic heterocycles. The molecule has 0 N–H and O–H groups in total. The van der Waals surface area contributed by atoms with Crippen molar-refractivity contribution in [2.24, 2.45) is 0 Å². The quantitative estimate of drug-likeness (QED) is 0.637. The number of fused-ring (bicyclic) bond motifs is 5. The molecule has 5 rings (SSSR count). The maximum Gasteiger partial charge on any atom is 0.291 e. The molecule has 0 radical (unpaired) electrons. The molecular formula is C24H22N2O5. The summed E-state index contributed by atoms with van der Waals surface area (Å²) in [6.45, 7) is 2.84. The van der Waals surface area contributed by atoms with Gasteiger partial charge in [0.1, 0.15) is 5.58 Å². The van der Waals surface area contributed by atoms with Gasteiger partial charge in [-0.05, 0) is 24.6 Å². The third-order valence-corrected chi connectivity index (χ3v) is 6.11. The minimum atomic E-state index is -1.55. The second kappa shape index (κ2) is 7.06. The molecule has 1 spiro atoms. The number of benzene rings is 2. The monoisotopic (exact) mass is 418 g/mol. The minimum absolute atomic E-state index is 0.0682. The number of ether oxygens (including phenoxy) is 1. The summed E-state index contributed by atoms with van der Waals surface area (Å²) in [4.78, 5) is 44.4. The lowest BCUT2D eigenvalue weighted by atomic mass is 9.84. The average molecular weight is 418 g/mol. The number of para-hydroxylation sites is 2. The summed E-state index contributed by atoms with van der Waals surface area (Å²) in [5.74, 6) is -0.848. The minimum Gasteiger partial charge on any atom is -0.450 e. The number of anilines is 1. The zero-order valence-corrected chi connectivity index (χ0v) is 17.4. The molecule has 3 heterocycles. The van der Waals surface area contributed by atoms with E-state index in [1.54, 1.807) is 29.2 Å². The maximum absolute atomic E-state index is 14.1. The largest absolute Gasteiger partial charge is 0.450 e. The normalized spacial score (nSPS) is 19.5. The number of hydrogen-bond acceptors (Lipinski definition) is 5. The summed E-state index contributed by atoms with van der Waals surface area (Å²) in [5.41, 5.74) is -0.145. The lowest BCUT2D eigenvalue weighted by Gasteiger charge is -2.34.